The number of rotatable bonds is 5. The molecule has 1 unspecified atom stereocenters. The minimum absolute atomic E-state index is 0.0514. The van der Waals surface area contributed by atoms with E-state index in [4.69, 9.17) is 9.47 Å². The monoisotopic (exact) mass is 450 g/mol. The maximum atomic E-state index is 12.6. The first-order valence-electron chi connectivity index (χ1n) is 11.5. The van der Waals surface area contributed by atoms with Gasteiger partial charge in [-0.05, 0) is 32.0 Å². The normalized spacial score (nSPS) is 20.4. The molecule has 1 atom stereocenters. The van der Waals surface area contributed by atoms with Gasteiger partial charge in [-0.25, -0.2) is 4.98 Å². The second-order valence-corrected chi connectivity index (χ2v) is 8.89. The van der Waals surface area contributed by atoms with Crippen LogP contribution in [0.5, 0.6) is 11.5 Å². The SMILES string of the molecule is O=c1cnc2ccc(=O)n3c2n1CC3CN1CCC(NCc2cc3c(cn2)OCCO3)CC1. The van der Waals surface area contributed by atoms with Gasteiger partial charge in [0.05, 0.1) is 24.1 Å². The number of likely N-dealkylation sites (tertiary alicyclic amines) is 1. The molecule has 3 aromatic heterocycles. The summed E-state index contributed by atoms with van der Waals surface area (Å²) in [6.07, 6.45) is 5.11. The van der Waals surface area contributed by atoms with Crippen molar-refractivity contribution in [3.63, 3.8) is 0 Å². The quantitative estimate of drug-likeness (QED) is 0.601. The van der Waals surface area contributed by atoms with Crippen LogP contribution in [0.2, 0.25) is 0 Å². The number of nitrogens with one attached hydrogen (secondary N) is 1. The van der Waals surface area contributed by atoms with Gasteiger partial charge in [-0.2, -0.15) is 0 Å². The van der Waals surface area contributed by atoms with Gasteiger partial charge in [0.25, 0.3) is 11.1 Å². The van der Waals surface area contributed by atoms with E-state index in [1.807, 2.05) is 6.07 Å². The van der Waals surface area contributed by atoms with Crippen molar-refractivity contribution in [1.82, 2.24) is 29.3 Å². The Morgan fingerprint density at radius 1 is 1.00 bits per heavy atom. The lowest BCUT2D eigenvalue weighted by molar-refractivity contribution is 0.168. The highest BCUT2D eigenvalue weighted by Crippen LogP contribution is 2.29. The zero-order valence-electron chi connectivity index (χ0n) is 18.3. The van der Waals surface area contributed by atoms with Crippen molar-refractivity contribution < 1.29 is 9.47 Å². The molecule has 3 aliphatic rings. The highest BCUT2D eigenvalue weighted by Gasteiger charge is 2.29. The van der Waals surface area contributed by atoms with E-state index < -0.39 is 0 Å². The molecule has 0 aliphatic carbocycles. The molecular formula is C23H26N6O4. The molecule has 3 aliphatic heterocycles. The smallest absolute Gasteiger partial charge is 0.270 e. The number of hydrogen-bond acceptors (Lipinski definition) is 8. The lowest BCUT2D eigenvalue weighted by atomic mass is 10.0. The predicted molar refractivity (Wildman–Crippen MR) is 121 cm³/mol. The maximum absolute atomic E-state index is 12.6. The summed E-state index contributed by atoms with van der Waals surface area (Å²) in [5.41, 5.74) is 2.04. The minimum Gasteiger partial charge on any atom is -0.486 e. The molecule has 10 heteroatoms. The molecule has 10 nitrogen and oxygen atoms in total. The largest absolute Gasteiger partial charge is 0.486 e. The zero-order valence-corrected chi connectivity index (χ0v) is 18.3. The Balaban J connectivity index is 1.06. The van der Waals surface area contributed by atoms with Crippen LogP contribution in [0.25, 0.3) is 11.2 Å². The summed E-state index contributed by atoms with van der Waals surface area (Å²) < 4.78 is 14.6. The average Bonchev–Trinajstić information content (AvgIpc) is 3.23. The molecule has 1 fully saturated rings. The van der Waals surface area contributed by atoms with Crippen LogP contribution in [0, 0.1) is 0 Å². The first kappa shape index (κ1) is 20.4. The van der Waals surface area contributed by atoms with Crippen molar-refractivity contribution >= 4 is 11.2 Å². The first-order chi connectivity index (χ1) is 16.2. The van der Waals surface area contributed by atoms with Gasteiger partial charge in [-0.1, -0.05) is 0 Å². The van der Waals surface area contributed by atoms with Crippen LogP contribution in [-0.4, -0.2) is 62.9 Å². The third kappa shape index (κ3) is 3.79. The molecule has 0 amide bonds. The van der Waals surface area contributed by atoms with Crippen molar-refractivity contribution in [3.8, 4) is 11.5 Å². The molecule has 3 aromatic rings. The summed E-state index contributed by atoms with van der Waals surface area (Å²) in [7, 11) is 0. The third-order valence-corrected chi connectivity index (χ3v) is 6.79. The van der Waals surface area contributed by atoms with Gasteiger partial charge in [0.1, 0.15) is 24.4 Å². The lowest BCUT2D eigenvalue weighted by Crippen LogP contribution is -2.44. The number of pyridine rings is 2. The van der Waals surface area contributed by atoms with Crippen molar-refractivity contribution in [1.29, 1.82) is 0 Å². The summed E-state index contributed by atoms with van der Waals surface area (Å²) in [5, 5.41) is 3.61. The van der Waals surface area contributed by atoms with E-state index in [0.29, 0.717) is 49.3 Å². The highest BCUT2D eigenvalue weighted by atomic mass is 16.6. The molecule has 6 rings (SSSR count). The topological polar surface area (TPSA) is 104 Å². The number of aromatic nitrogens is 4. The first-order valence-corrected chi connectivity index (χ1v) is 11.5. The fourth-order valence-electron chi connectivity index (χ4n) is 5.11. The molecule has 0 aromatic carbocycles. The van der Waals surface area contributed by atoms with Gasteiger partial charge in [-0.3, -0.25) is 23.7 Å². The number of nitrogens with zero attached hydrogens (tertiary/aromatic N) is 5. The fraction of sp³-hybridized carbons (Fsp3) is 0.478. The predicted octanol–water partition coefficient (Wildman–Crippen LogP) is 0.533. The number of ether oxygens (including phenoxy) is 2. The van der Waals surface area contributed by atoms with Crippen molar-refractivity contribution in [3.05, 3.63) is 57.0 Å². The van der Waals surface area contributed by atoms with Gasteiger partial charge < -0.3 is 19.7 Å². The van der Waals surface area contributed by atoms with Gasteiger partial charge in [0.15, 0.2) is 11.5 Å². The second-order valence-electron chi connectivity index (χ2n) is 8.89. The average molecular weight is 450 g/mol. The van der Waals surface area contributed by atoms with Crippen molar-refractivity contribution in [2.45, 2.75) is 38.0 Å². The number of fused-ring (bicyclic) bond motifs is 1. The maximum Gasteiger partial charge on any atom is 0.270 e. The second kappa shape index (κ2) is 8.27. The van der Waals surface area contributed by atoms with Gasteiger partial charge in [0, 0.05) is 37.8 Å². The Hall–Kier alpha value is -3.24. The Morgan fingerprint density at radius 3 is 2.67 bits per heavy atom. The fourth-order valence-corrected chi connectivity index (χ4v) is 5.11. The summed E-state index contributed by atoms with van der Waals surface area (Å²) in [5.74, 6) is 1.47. The molecule has 33 heavy (non-hydrogen) atoms. The van der Waals surface area contributed by atoms with E-state index in [2.05, 4.69) is 20.2 Å². The molecule has 1 saturated heterocycles. The molecular weight excluding hydrogens is 424 g/mol. The molecule has 0 bridgehead atoms. The Morgan fingerprint density at radius 2 is 1.82 bits per heavy atom. The van der Waals surface area contributed by atoms with Crippen LogP contribution >= 0.6 is 0 Å². The molecule has 0 spiro atoms. The van der Waals surface area contributed by atoms with E-state index in [-0.39, 0.29) is 17.2 Å². The van der Waals surface area contributed by atoms with E-state index in [9.17, 15) is 9.59 Å². The van der Waals surface area contributed by atoms with Gasteiger partial charge >= 0.3 is 0 Å². The molecule has 6 heterocycles. The molecule has 1 N–H and O–H groups in total. The standard InChI is InChI=1S/C23H26N6O4/c30-21-2-1-18-23-28(22(31)12-26-18)14-17(29(21)23)13-27-5-3-15(4-6-27)24-10-16-9-19-20(11-25-16)33-8-7-32-19/h1-2,9,11-12,15,17,24H,3-8,10,13-14H2. The summed E-state index contributed by atoms with van der Waals surface area (Å²) in [4.78, 5) is 36.0. The third-order valence-electron chi connectivity index (χ3n) is 6.79. The summed E-state index contributed by atoms with van der Waals surface area (Å²) in [6, 6.07) is 5.55. The summed E-state index contributed by atoms with van der Waals surface area (Å²) in [6.45, 7) is 4.97. The number of hydrogen-bond donors (Lipinski definition) is 1. The van der Waals surface area contributed by atoms with Crippen molar-refractivity contribution in [2.75, 3.05) is 32.8 Å². The van der Waals surface area contributed by atoms with Crippen LogP contribution in [0.4, 0.5) is 0 Å². The highest BCUT2D eigenvalue weighted by molar-refractivity contribution is 5.71. The summed E-state index contributed by atoms with van der Waals surface area (Å²) >= 11 is 0. The van der Waals surface area contributed by atoms with Crippen molar-refractivity contribution in [2.24, 2.45) is 0 Å². The van der Waals surface area contributed by atoms with E-state index in [1.54, 1.807) is 27.5 Å². The van der Waals surface area contributed by atoms with Gasteiger partial charge in [0.2, 0.25) is 0 Å². The van der Waals surface area contributed by atoms with E-state index in [1.165, 1.54) is 6.20 Å². The van der Waals surface area contributed by atoms with E-state index in [0.717, 1.165) is 43.9 Å². The zero-order chi connectivity index (χ0) is 22.4. The molecule has 172 valence electrons. The lowest BCUT2D eigenvalue weighted by Gasteiger charge is -2.34. The van der Waals surface area contributed by atoms with Crippen LogP contribution in [-0.2, 0) is 13.1 Å². The minimum atomic E-state index is -0.153. The molecule has 0 saturated carbocycles. The Bertz CT molecular complexity index is 1310. The van der Waals surface area contributed by atoms with Crippen LogP contribution in [0.15, 0.2) is 40.2 Å². The van der Waals surface area contributed by atoms with Gasteiger partial charge in [-0.15, -0.1) is 0 Å². The van der Waals surface area contributed by atoms with Crippen LogP contribution < -0.4 is 25.9 Å². The Kier molecular flexibility index (Phi) is 5.11. The van der Waals surface area contributed by atoms with Crippen LogP contribution in [0.1, 0.15) is 24.6 Å². The number of piperidine rings is 1. The van der Waals surface area contributed by atoms with E-state index >= 15 is 0 Å². The van der Waals surface area contributed by atoms with Crippen LogP contribution in [0.3, 0.4) is 0 Å². The molecule has 0 radical (unpaired) electrons. The Labute approximate surface area is 189 Å².